The molecule has 0 aromatic heterocycles. The molecule has 2 aromatic rings. The number of carbonyl (C=O) groups excluding carboxylic acids is 1. The number of anilines is 1. The number of carboxylic acid groups (broad SMARTS) is 1. The lowest BCUT2D eigenvalue weighted by molar-refractivity contribution is -0.255. The van der Waals surface area contributed by atoms with Crippen LogP contribution in [0, 0.1) is 6.92 Å². The molecule has 0 bridgehead atoms. The monoisotopic (exact) mass is 334 g/mol. The van der Waals surface area contributed by atoms with E-state index in [9.17, 15) is 18.3 Å². The molecule has 0 radical (unpaired) electrons. The number of carbonyl (C=O) groups is 1. The van der Waals surface area contributed by atoms with Crippen molar-refractivity contribution < 1.29 is 23.1 Å². The summed E-state index contributed by atoms with van der Waals surface area (Å²) in [5.74, 6) is -0.786. The Bertz CT molecular complexity index is 813. The Morgan fingerprint density at radius 3 is 2.39 bits per heavy atom. The number of hydrogen-bond donors (Lipinski definition) is 1. The first-order valence-electron chi connectivity index (χ1n) is 6.91. The molecule has 7 heteroatoms. The summed E-state index contributed by atoms with van der Waals surface area (Å²) in [6.07, 6.45) is 0. The molecule has 0 saturated carbocycles. The van der Waals surface area contributed by atoms with Crippen molar-refractivity contribution in [1.29, 1.82) is 0 Å². The van der Waals surface area contributed by atoms with Gasteiger partial charge in [0.1, 0.15) is 5.75 Å². The van der Waals surface area contributed by atoms with Gasteiger partial charge in [0.15, 0.2) is 0 Å². The molecule has 0 amide bonds. The number of aryl methyl sites for hydroxylation is 1. The third-order valence-electron chi connectivity index (χ3n) is 3.16. The van der Waals surface area contributed by atoms with Crippen molar-refractivity contribution in [3.8, 4) is 5.75 Å². The van der Waals surface area contributed by atoms with Crippen molar-refractivity contribution in [2.45, 2.75) is 18.7 Å². The van der Waals surface area contributed by atoms with Crippen LogP contribution in [0.25, 0.3) is 0 Å². The number of carboxylic acids is 1. The van der Waals surface area contributed by atoms with Gasteiger partial charge in [0.2, 0.25) is 0 Å². The first kappa shape index (κ1) is 16.8. The minimum Gasteiger partial charge on any atom is -0.545 e. The maximum absolute atomic E-state index is 12.3. The van der Waals surface area contributed by atoms with Gasteiger partial charge in [-0.25, -0.2) is 8.42 Å². The Kier molecular flexibility index (Phi) is 4.90. The normalized spacial score (nSPS) is 11.0. The SMILES string of the molecule is CCOc1ccc(NS(=O)(=O)c2ccc(C)c(C(=O)[O-])c2)cc1. The van der Waals surface area contributed by atoms with Crippen LogP contribution in [0.5, 0.6) is 5.75 Å². The molecular weight excluding hydrogens is 318 g/mol. The zero-order chi connectivity index (χ0) is 17.0. The highest BCUT2D eigenvalue weighted by Crippen LogP contribution is 2.21. The Morgan fingerprint density at radius 2 is 1.83 bits per heavy atom. The van der Waals surface area contributed by atoms with E-state index in [0.29, 0.717) is 23.6 Å². The minimum absolute atomic E-state index is 0.142. The third kappa shape index (κ3) is 4.01. The van der Waals surface area contributed by atoms with Crippen LogP contribution < -0.4 is 14.6 Å². The number of nitrogens with one attached hydrogen (secondary N) is 1. The largest absolute Gasteiger partial charge is 0.545 e. The molecular formula is C16H16NO5S-. The van der Waals surface area contributed by atoms with Crippen molar-refractivity contribution in [3.05, 3.63) is 53.6 Å². The Hall–Kier alpha value is -2.54. The fourth-order valence-corrected chi connectivity index (χ4v) is 3.07. The Balaban J connectivity index is 2.28. The molecule has 2 aromatic carbocycles. The van der Waals surface area contributed by atoms with Gasteiger partial charge in [0.25, 0.3) is 10.0 Å². The average Bonchev–Trinajstić information content (AvgIpc) is 2.49. The first-order chi connectivity index (χ1) is 10.8. The summed E-state index contributed by atoms with van der Waals surface area (Å²) in [5.41, 5.74) is 0.633. The number of benzene rings is 2. The Labute approximate surface area is 134 Å². The minimum atomic E-state index is -3.89. The second-order valence-electron chi connectivity index (χ2n) is 4.83. The van der Waals surface area contributed by atoms with Crippen LogP contribution in [0.15, 0.2) is 47.4 Å². The number of ether oxygens (including phenoxy) is 1. The lowest BCUT2D eigenvalue weighted by Gasteiger charge is -2.12. The van der Waals surface area contributed by atoms with E-state index >= 15 is 0 Å². The zero-order valence-corrected chi connectivity index (χ0v) is 13.5. The number of sulfonamides is 1. The summed E-state index contributed by atoms with van der Waals surface area (Å²) in [6.45, 7) is 3.94. The average molecular weight is 334 g/mol. The van der Waals surface area contributed by atoms with Gasteiger partial charge in [-0.05, 0) is 55.8 Å². The van der Waals surface area contributed by atoms with Gasteiger partial charge < -0.3 is 14.6 Å². The lowest BCUT2D eigenvalue weighted by Crippen LogP contribution is -2.24. The maximum atomic E-state index is 12.3. The van der Waals surface area contributed by atoms with Crippen LogP contribution in [-0.2, 0) is 10.0 Å². The highest BCUT2D eigenvalue weighted by atomic mass is 32.2. The van der Waals surface area contributed by atoms with E-state index in [0.717, 1.165) is 6.07 Å². The molecule has 0 aliphatic rings. The van der Waals surface area contributed by atoms with Crippen LogP contribution >= 0.6 is 0 Å². The molecule has 23 heavy (non-hydrogen) atoms. The zero-order valence-electron chi connectivity index (χ0n) is 12.7. The second kappa shape index (κ2) is 6.70. The van der Waals surface area contributed by atoms with Crippen molar-refractivity contribution >= 4 is 21.7 Å². The molecule has 2 rings (SSSR count). The Morgan fingerprint density at radius 1 is 1.17 bits per heavy atom. The van der Waals surface area contributed by atoms with Gasteiger partial charge in [-0.15, -0.1) is 0 Å². The summed E-state index contributed by atoms with van der Waals surface area (Å²) in [7, 11) is -3.89. The quantitative estimate of drug-likeness (QED) is 0.865. The fraction of sp³-hybridized carbons (Fsp3) is 0.188. The van der Waals surface area contributed by atoms with Crippen molar-refractivity contribution in [1.82, 2.24) is 0 Å². The van der Waals surface area contributed by atoms with Gasteiger partial charge in [0.05, 0.1) is 17.5 Å². The van der Waals surface area contributed by atoms with Crippen molar-refractivity contribution in [3.63, 3.8) is 0 Å². The van der Waals surface area contributed by atoms with Gasteiger partial charge in [0, 0.05) is 11.3 Å². The summed E-state index contributed by atoms with van der Waals surface area (Å²) in [6, 6.07) is 10.3. The molecule has 122 valence electrons. The van der Waals surface area contributed by atoms with Crippen molar-refractivity contribution in [2.75, 3.05) is 11.3 Å². The first-order valence-corrected chi connectivity index (χ1v) is 8.39. The molecule has 0 saturated heterocycles. The smallest absolute Gasteiger partial charge is 0.261 e. The molecule has 1 N–H and O–H groups in total. The lowest BCUT2D eigenvalue weighted by atomic mass is 10.1. The van der Waals surface area contributed by atoms with Crippen molar-refractivity contribution in [2.24, 2.45) is 0 Å². The highest BCUT2D eigenvalue weighted by molar-refractivity contribution is 7.92. The summed E-state index contributed by atoms with van der Waals surface area (Å²) >= 11 is 0. The van der Waals surface area contributed by atoms with Crippen LogP contribution in [0.2, 0.25) is 0 Å². The number of aromatic carboxylic acids is 1. The highest BCUT2D eigenvalue weighted by Gasteiger charge is 2.16. The predicted octanol–water partition coefficient (Wildman–Crippen LogP) is 1.56. The maximum Gasteiger partial charge on any atom is 0.261 e. The molecule has 0 aliphatic heterocycles. The van der Waals surface area contributed by atoms with E-state index in [1.807, 2.05) is 6.92 Å². The molecule has 0 fully saturated rings. The summed E-state index contributed by atoms with van der Waals surface area (Å²) in [4.78, 5) is 10.9. The number of hydrogen-bond acceptors (Lipinski definition) is 5. The van der Waals surface area contributed by atoms with Gasteiger partial charge in [-0.3, -0.25) is 4.72 Å². The predicted molar refractivity (Wildman–Crippen MR) is 83.9 cm³/mol. The third-order valence-corrected chi connectivity index (χ3v) is 4.54. The van der Waals surface area contributed by atoms with Crippen LogP contribution in [0.1, 0.15) is 22.8 Å². The van der Waals surface area contributed by atoms with Gasteiger partial charge in [-0.1, -0.05) is 6.07 Å². The van der Waals surface area contributed by atoms with E-state index in [2.05, 4.69) is 4.72 Å². The number of rotatable bonds is 6. The van der Waals surface area contributed by atoms with Gasteiger partial charge in [-0.2, -0.15) is 0 Å². The van der Waals surface area contributed by atoms with E-state index in [1.165, 1.54) is 12.1 Å². The summed E-state index contributed by atoms with van der Waals surface area (Å²) in [5, 5.41) is 11.0. The van der Waals surface area contributed by atoms with E-state index in [1.54, 1.807) is 31.2 Å². The standard InChI is InChI=1S/C16H17NO5S/c1-3-22-13-7-5-12(6-8-13)17-23(20,21)14-9-4-11(2)15(10-14)16(18)19/h4-10,17H,3H2,1-2H3,(H,18,19)/p-1. The molecule has 6 nitrogen and oxygen atoms in total. The van der Waals surface area contributed by atoms with Gasteiger partial charge >= 0.3 is 0 Å². The fourth-order valence-electron chi connectivity index (χ4n) is 1.99. The molecule has 0 heterocycles. The van der Waals surface area contributed by atoms with Crippen LogP contribution in [-0.4, -0.2) is 21.0 Å². The van der Waals surface area contributed by atoms with E-state index in [-0.39, 0.29) is 10.5 Å². The van der Waals surface area contributed by atoms with Crippen LogP contribution in [0.4, 0.5) is 5.69 Å². The topological polar surface area (TPSA) is 95.5 Å². The molecule has 0 aliphatic carbocycles. The van der Waals surface area contributed by atoms with Crippen LogP contribution in [0.3, 0.4) is 0 Å². The second-order valence-corrected chi connectivity index (χ2v) is 6.51. The summed E-state index contributed by atoms with van der Waals surface area (Å²) < 4.78 is 32.4. The molecule has 0 atom stereocenters. The molecule has 0 spiro atoms. The molecule has 0 unspecified atom stereocenters. The van der Waals surface area contributed by atoms with E-state index < -0.39 is 16.0 Å². The van der Waals surface area contributed by atoms with E-state index in [4.69, 9.17) is 4.74 Å².